The van der Waals surface area contributed by atoms with Gasteiger partial charge in [-0.15, -0.1) is 11.3 Å². The molecule has 3 aromatic rings. The molecule has 0 saturated heterocycles. The summed E-state index contributed by atoms with van der Waals surface area (Å²) in [6, 6.07) is 10.4. The van der Waals surface area contributed by atoms with Crippen LogP contribution in [0.4, 0.5) is 0 Å². The predicted octanol–water partition coefficient (Wildman–Crippen LogP) is 3.37. The number of pyridine rings is 1. The third kappa shape index (κ3) is 5.33. The van der Waals surface area contributed by atoms with Gasteiger partial charge in [-0.3, -0.25) is 4.99 Å². The minimum absolute atomic E-state index is 0.530. The third-order valence-corrected chi connectivity index (χ3v) is 5.02. The molecule has 3 rings (SSSR count). The maximum Gasteiger partial charge on any atom is 0.191 e. The van der Waals surface area contributed by atoms with Crippen LogP contribution in [0.1, 0.15) is 24.4 Å². The van der Waals surface area contributed by atoms with E-state index in [2.05, 4.69) is 57.6 Å². The SMILES string of the molecule is CCNC(=NCC(C)Cc1cccs1)NCCc1cn2ccccc2n1. The lowest BCUT2D eigenvalue weighted by Crippen LogP contribution is -2.38. The number of imidazole rings is 1. The fourth-order valence-electron chi connectivity index (χ4n) is 2.84. The molecule has 1 unspecified atom stereocenters. The summed E-state index contributed by atoms with van der Waals surface area (Å²) in [4.78, 5) is 10.8. The fourth-order valence-corrected chi connectivity index (χ4v) is 3.71. The lowest BCUT2D eigenvalue weighted by atomic mass is 10.1. The zero-order chi connectivity index (χ0) is 18.2. The number of thiophene rings is 1. The van der Waals surface area contributed by atoms with Crippen molar-refractivity contribution in [1.29, 1.82) is 0 Å². The number of hydrogen-bond donors (Lipinski definition) is 2. The number of guanidine groups is 1. The van der Waals surface area contributed by atoms with Crippen molar-refractivity contribution in [3.8, 4) is 0 Å². The van der Waals surface area contributed by atoms with E-state index in [1.165, 1.54) is 4.88 Å². The van der Waals surface area contributed by atoms with Crippen LogP contribution in [0.15, 0.2) is 53.1 Å². The molecule has 5 nitrogen and oxygen atoms in total. The van der Waals surface area contributed by atoms with Crippen LogP contribution in [0.2, 0.25) is 0 Å². The first-order chi connectivity index (χ1) is 12.7. The van der Waals surface area contributed by atoms with Gasteiger partial charge in [-0.25, -0.2) is 4.98 Å². The molecule has 2 N–H and O–H groups in total. The molecular formula is C20H27N5S. The van der Waals surface area contributed by atoms with Crippen molar-refractivity contribution >= 4 is 22.9 Å². The van der Waals surface area contributed by atoms with E-state index < -0.39 is 0 Å². The Labute approximate surface area is 159 Å². The molecule has 0 aliphatic carbocycles. The summed E-state index contributed by atoms with van der Waals surface area (Å²) in [5, 5.41) is 8.88. The smallest absolute Gasteiger partial charge is 0.191 e. The number of rotatable bonds is 8. The van der Waals surface area contributed by atoms with Gasteiger partial charge in [-0.2, -0.15) is 0 Å². The third-order valence-electron chi connectivity index (χ3n) is 4.12. The molecule has 0 aromatic carbocycles. The average Bonchev–Trinajstić information content (AvgIpc) is 3.28. The molecule has 0 fully saturated rings. The highest BCUT2D eigenvalue weighted by Gasteiger charge is 2.06. The fraction of sp³-hybridized carbons (Fsp3) is 0.400. The molecule has 0 bridgehead atoms. The van der Waals surface area contributed by atoms with E-state index >= 15 is 0 Å². The summed E-state index contributed by atoms with van der Waals surface area (Å²) in [6.45, 7) is 6.84. The van der Waals surface area contributed by atoms with Crippen LogP contribution in [-0.4, -0.2) is 35.0 Å². The van der Waals surface area contributed by atoms with E-state index in [-0.39, 0.29) is 0 Å². The molecule has 6 heteroatoms. The topological polar surface area (TPSA) is 53.7 Å². The van der Waals surface area contributed by atoms with Gasteiger partial charge >= 0.3 is 0 Å². The molecule has 26 heavy (non-hydrogen) atoms. The van der Waals surface area contributed by atoms with Crippen molar-refractivity contribution in [2.45, 2.75) is 26.7 Å². The van der Waals surface area contributed by atoms with Gasteiger partial charge in [0.2, 0.25) is 0 Å². The van der Waals surface area contributed by atoms with E-state index in [4.69, 9.17) is 4.99 Å². The second kappa shape index (κ2) is 9.38. The monoisotopic (exact) mass is 369 g/mol. The second-order valence-electron chi connectivity index (χ2n) is 6.48. The van der Waals surface area contributed by atoms with Gasteiger partial charge in [0.15, 0.2) is 5.96 Å². The van der Waals surface area contributed by atoms with E-state index in [1.54, 1.807) is 0 Å². The number of nitrogens with one attached hydrogen (secondary N) is 2. The molecule has 0 aliphatic rings. The first kappa shape index (κ1) is 18.5. The van der Waals surface area contributed by atoms with Gasteiger partial charge in [0, 0.05) is 43.3 Å². The Balaban J connectivity index is 1.49. The molecule has 0 spiro atoms. The highest BCUT2D eigenvalue weighted by Crippen LogP contribution is 2.14. The molecule has 0 aliphatic heterocycles. The van der Waals surface area contributed by atoms with Crippen LogP contribution < -0.4 is 10.6 Å². The molecule has 3 heterocycles. The van der Waals surface area contributed by atoms with Crippen molar-refractivity contribution in [2.75, 3.05) is 19.6 Å². The van der Waals surface area contributed by atoms with Crippen LogP contribution in [0.3, 0.4) is 0 Å². The largest absolute Gasteiger partial charge is 0.357 e. The zero-order valence-corrected chi connectivity index (χ0v) is 16.3. The highest BCUT2D eigenvalue weighted by molar-refractivity contribution is 7.09. The lowest BCUT2D eigenvalue weighted by molar-refractivity contribution is 0.595. The van der Waals surface area contributed by atoms with Gasteiger partial charge in [0.1, 0.15) is 5.65 Å². The normalized spacial score (nSPS) is 13.1. The molecule has 0 saturated carbocycles. The summed E-state index contributed by atoms with van der Waals surface area (Å²) >= 11 is 1.82. The van der Waals surface area contributed by atoms with Gasteiger partial charge in [0.05, 0.1) is 5.69 Å². The Hall–Kier alpha value is -2.34. The molecule has 3 aromatic heterocycles. The summed E-state index contributed by atoms with van der Waals surface area (Å²) in [6.07, 6.45) is 6.07. The molecule has 138 valence electrons. The van der Waals surface area contributed by atoms with Crippen LogP contribution in [0.25, 0.3) is 5.65 Å². The molecule has 1 atom stereocenters. The highest BCUT2D eigenvalue weighted by atomic mass is 32.1. The van der Waals surface area contributed by atoms with Gasteiger partial charge in [-0.1, -0.05) is 19.1 Å². The van der Waals surface area contributed by atoms with E-state index in [0.717, 1.165) is 49.8 Å². The number of aliphatic imine (C=N–C) groups is 1. The summed E-state index contributed by atoms with van der Waals surface area (Å²) in [5.74, 6) is 1.41. The first-order valence-corrected chi connectivity index (χ1v) is 10.1. The van der Waals surface area contributed by atoms with Crippen LogP contribution in [0.5, 0.6) is 0 Å². The minimum atomic E-state index is 0.530. The minimum Gasteiger partial charge on any atom is -0.357 e. The van der Waals surface area contributed by atoms with Crippen LogP contribution >= 0.6 is 11.3 Å². The predicted molar refractivity (Wildman–Crippen MR) is 110 cm³/mol. The molecular weight excluding hydrogens is 342 g/mol. The van der Waals surface area contributed by atoms with E-state index in [0.29, 0.717) is 5.92 Å². The van der Waals surface area contributed by atoms with Crippen molar-refractivity contribution in [3.05, 3.63) is 58.7 Å². The number of hydrogen-bond acceptors (Lipinski definition) is 3. The van der Waals surface area contributed by atoms with Crippen molar-refractivity contribution in [1.82, 2.24) is 20.0 Å². The molecule has 0 amide bonds. The summed E-state index contributed by atoms with van der Waals surface area (Å²) in [7, 11) is 0. The summed E-state index contributed by atoms with van der Waals surface area (Å²) in [5.41, 5.74) is 2.08. The first-order valence-electron chi connectivity index (χ1n) is 9.21. The Morgan fingerprint density at radius 1 is 1.27 bits per heavy atom. The van der Waals surface area contributed by atoms with E-state index in [1.807, 2.05) is 35.7 Å². The Morgan fingerprint density at radius 2 is 2.19 bits per heavy atom. The number of fused-ring (bicyclic) bond motifs is 1. The van der Waals surface area contributed by atoms with Crippen LogP contribution in [-0.2, 0) is 12.8 Å². The van der Waals surface area contributed by atoms with Crippen LogP contribution in [0, 0.1) is 5.92 Å². The Kier molecular flexibility index (Phi) is 6.66. The van der Waals surface area contributed by atoms with E-state index in [9.17, 15) is 0 Å². The Morgan fingerprint density at radius 3 is 2.96 bits per heavy atom. The van der Waals surface area contributed by atoms with Gasteiger partial charge in [-0.05, 0) is 42.8 Å². The number of aromatic nitrogens is 2. The lowest BCUT2D eigenvalue weighted by Gasteiger charge is -2.12. The maximum absolute atomic E-state index is 4.74. The van der Waals surface area contributed by atoms with Gasteiger partial charge in [0.25, 0.3) is 0 Å². The second-order valence-corrected chi connectivity index (χ2v) is 7.52. The number of nitrogens with zero attached hydrogens (tertiary/aromatic N) is 3. The van der Waals surface area contributed by atoms with Gasteiger partial charge < -0.3 is 15.0 Å². The summed E-state index contributed by atoms with van der Waals surface area (Å²) < 4.78 is 2.06. The van der Waals surface area contributed by atoms with Crippen molar-refractivity contribution < 1.29 is 0 Å². The standard InChI is InChI=1S/C20H27N5S/c1-3-21-20(23-14-16(2)13-18-7-6-12-26-18)22-10-9-17-15-25-11-5-4-8-19(25)24-17/h4-8,11-12,15-16H,3,9-10,13-14H2,1-2H3,(H2,21,22,23). The average molecular weight is 370 g/mol. The Bertz CT molecular complexity index is 789. The zero-order valence-electron chi connectivity index (χ0n) is 15.5. The quantitative estimate of drug-likeness (QED) is 0.473. The maximum atomic E-state index is 4.74. The van der Waals surface area contributed by atoms with Crippen molar-refractivity contribution in [2.24, 2.45) is 10.9 Å². The van der Waals surface area contributed by atoms with Crippen molar-refractivity contribution in [3.63, 3.8) is 0 Å². The molecule has 0 radical (unpaired) electrons.